The highest BCUT2D eigenvalue weighted by Gasteiger charge is 2.19. The molecule has 2 rings (SSSR count). The first-order valence-corrected chi connectivity index (χ1v) is 6.87. The molecule has 23 heavy (non-hydrogen) atoms. The molecule has 1 aromatic heterocycles. The molecule has 7 nitrogen and oxygen atoms in total. The Morgan fingerprint density at radius 3 is 2.78 bits per heavy atom. The molecule has 0 fully saturated rings. The minimum absolute atomic E-state index is 0.0350. The van der Waals surface area contributed by atoms with Crippen LogP contribution in [0.2, 0.25) is 5.02 Å². The monoisotopic (exact) mass is 329 g/mol. The molecule has 1 heterocycles. The number of anilines is 1. The number of rotatable bonds is 4. The number of phenols is 1. The van der Waals surface area contributed by atoms with E-state index in [0.29, 0.717) is 10.6 Å². The van der Waals surface area contributed by atoms with Crippen LogP contribution in [-0.4, -0.2) is 26.6 Å². The number of allylic oxidation sites excluding steroid dienone is 1. The molecule has 0 unspecified atom stereocenters. The molecule has 0 radical (unpaired) electrons. The third-order valence-corrected chi connectivity index (χ3v) is 3.32. The van der Waals surface area contributed by atoms with Crippen LogP contribution in [0.25, 0.3) is 11.6 Å². The standard InChI is InChI=1S/C15H12ClN5O2/c16-11-1-2-13(23)9(6-11)5-10(7-17)14-12(8-18)15(19)21(20-14)3-4-22/h1-2,5-6,22-23H,3-4,19H2/b10-5+. The predicted molar refractivity (Wildman–Crippen MR) is 85.0 cm³/mol. The molecule has 0 saturated carbocycles. The Labute approximate surface area is 137 Å². The van der Waals surface area contributed by atoms with E-state index in [9.17, 15) is 15.6 Å². The Kier molecular flexibility index (Phi) is 4.87. The zero-order chi connectivity index (χ0) is 17.0. The molecule has 0 bridgehead atoms. The van der Waals surface area contributed by atoms with Crippen molar-refractivity contribution in [3.8, 4) is 17.9 Å². The molecule has 0 aliphatic heterocycles. The number of benzene rings is 1. The number of hydrogen-bond donors (Lipinski definition) is 3. The summed E-state index contributed by atoms with van der Waals surface area (Å²) in [6.45, 7) is -0.113. The number of halogens is 1. The van der Waals surface area contributed by atoms with E-state index >= 15 is 0 Å². The van der Waals surface area contributed by atoms with E-state index in [4.69, 9.17) is 22.4 Å². The number of aliphatic hydroxyl groups is 1. The van der Waals surface area contributed by atoms with Gasteiger partial charge in [0.15, 0.2) is 0 Å². The first-order chi connectivity index (χ1) is 11.0. The van der Waals surface area contributed by atoms with Gasteiger partial charge in [0.2, 0.25) is 0 Å². The number of nitrogen functional groups attached to an aromatic ring is 1. The molecular formula is C15H12ClN5O2. The lowest BCUT2D eigenvalue weighted by Gasteiger charge is -2.01. The maximum Gasteiger partial charge on any atom is 0.140 e. The van der Waals surface area contributed by atoms with Crippen molar-refractivity contribution in [2.24, 2.45) is 0 Å². The van der Waals surface area contributed by atoms with Gasteiger partial charge in [0.05, 0.1) is 18.7 Å². The van der Waals surface area contributed by atoms with Crippen molar-refractivity contribution in [3.63, 3.8) is 0 Å². The van der Waals surface area contributed by atoms with Crippen LogP contribution >= 0.6 is 11.6 Å². The molecule has 2 aromatic rings. The fraction of sp³-hybridized carbons (Fsp3) is 0.133. The van der Waals surface area contributed by atoms with Gasteiger partial charge >= 0.3 is 0 Å². The number of phenolic OH excluding ortho intramolecular Hbond substituents is 1. The van der Waals surface area contributed by atoms with Gasteiger partial charge in [-0.25, -0.2) is 4.68 Å². The van der Waals surface area contributed by atoms with Crippen LogP contribution in [0.1, 0.15) is 16.8 Å². The zero-order valence-electron chi connectivity index (χ0n) is 11.9. The van der Waals surface area contributed by atoms with Gasteiger partial charge in [-0.1, -0.05) is 11.6 Å². The molecule has 1 aromatic carbocycles. The number of nitrogens with two attached hydrogens (primary N) is 1. The molecule has 0 saturated heterocycles. The lowest BCUT2D eigenvalue weighted by molar-refractivity contribution is 0.270. The van der Waals surface area contributed by atoms with Gasteiger partial charge in [0.25, 0.3) is 0 Å². The van der Waals surface area contributed by atoms with Crippen LogP contribution in [0.15, 0.2) is 18.2 Å². The molecule has 116 valence electrons. The summed E-state index contributed by atoms with van der Waals surface area (Å²) in [5, 5.41) is 41.9. The van der Waals surface area contributed by atoms with E-state index in [1.165, 1.54) is 29.0 Å². The second-order valence-corrected chi connectivity index (χ2v) is 4.98. The first-order valence-electron chi connectivity index (χ1n) is 6.49. The van der Waals surface area contributed by atoms with Gasteiger partial charge in [-0.2, -0.15) is 15.6 Å². The van der Waals surface area contributed by atoms with Crippen molar-refractivity contribution in [3.05, 3.63) is 40.0 Å². The van der Waals surface area contributed by atoms with Crippen LogP contribution in [0.4, 0.5) is 5.82 Å². The molecule has 0 aliphatic rings. The highest BCUT2D eigenvalue weighted by molar-refractivity contribution is 6.30. The van der Waals surface area contributed by atoms with E-state index in [0.717, 1.165) is 0 Å². The lowest BCUT2D eigenvalue weighted by Crippen LogP contribution is -2.07. The summed E-state index contributed by atoms with van der Waals surface area (Å²) in [6, 6.07) is 8.22. The maximum atomic E-state index is 9.84. The van der Waals surface area contributed by atoms with Gasteiger partial charge in [-0.05, 0) is 24.3 Å². The summed E-state index contributed by atoms with van der Waals surface area (Å²) in [5.74, 6) is -0.00330. The Morgan fingerprint density at radius 1 is 1.43 bits per heavy atom. The average molecular weight is 330 g/mol. The molecule has 0 amide bonds. The highest BCUT2D eigenvalue weighted by Crippen LogP contribution is 2.28. The normalized spacial score (nSPS) is 11.0. The maximum absolute atomic E-state index is 9.84. The van der Waals surface area contributed by atoms with Crippen molar-refractivity contribution in [2.75, 3.05) is 12.3 Å². The smallest absolute Gasteiger partial charge is 0.140 e. The summed E-state index contributed by atoms with van der Waals surface area (Å²) in [7, 11) is 0. The van der Waals surface area contributed by atoms with Crippen molar-refractivity contribution >= 4 is 29.1 Å². The SMILES string of the molecule is N#C/C(=C\c1cc(Cl)ccc1O)c1nn(CCO)c(N)c1C#N. The van der Waals surface area contributed by atoms with E-state index in [-0.39, 0.29) is 41.5 Å². The number of nitrogens with zero attached hydrogens (tertiary/aromatic N) is 4. The number of aromatic hydroxyl groups is 1. The third-order valence-electron chi connectivity index (χ3n) is 3.08. The van der Waals surface area contributed by atoms with Crippen LogP contribution in [-0.2, 0) is 6.54 Å². The summed E-state index contributed by atoms with van der Waals surface area (Å²) in [5.41, 5.74) is 6.28. The molecule has 4 N–H and O–H groups in total. The van der Waals surface area contributed by atoms with Gasteiger partial charge < -0.3 is 15.9 Å². The zero-order valence-corrected chi connectivity index (χ0v) is 12.6. The quantitative estimate of drug-likeness (QED) is 0.732. The van der Waals surface area contributed by atoms with Crippen molar-refractivity contribution in [1.82, 2.24) is 9.78 Å². The third kappa shape index (κ3) is 3.27. The Hall–Kier alpha value is -3.00. The number of nitriles is 2. The fourth-order valence-electron chi connectivity index (χ4n) is 1.99. The number of aliphatic hydroxyl groups excluding tert-OH is 1. The first kappa shape index (κ1) is 16.4. The molecule has 0 aliphatic carbocycles. The Morgan fingerprint density at radius 2 is 2.17 bits per heavy atom. The number of aromatic nitrogens is 2. The van der Waals surface area contributed by atoms with Crippen LogP contribution in [0.3, 0.4) is 0 Å². The lowest BCUT2D eigenvalue weighted by atomic mass is 10.1. The summed E-state index contributed by atoms with van der Waals surface area (Å²) in [6.07, 6.45) is 1.37. The Bertz CT molecular complexity index is 858. The van der Waals surface area contributed by atoms with Gasteiger partial charge in [-0.15, -0.1) is 0 Å². The van der Waals surface area contributed by atoms with E-state index in [2.05, 4.69) is 5.10 Å². The van der Waals surface area contributed by atoms with E-state index < -0.39 is 0 Å². The molecule has 0 spiro atoms. The second-order valence-electron chi connectivity index (χ2n) is 4.54. The Balaban J connectivity index is 2.61. The van der Waals surface area contributed by atoms with Crippen LogP contribution in [0, 0.1) is 22.7 Å². The summed E-state index contributed by atoms with van der Waals surface area (Å²) in [4.78, 5) is 0. The predicted octanol–water partition coefficient (Wildman–Crippen LogP) is 1.75. The van der Waals surface area contributed by atoms with Crippen LogP contribution in [0.5, 0.6) is 5.75 Å². The summed E-state index contributed by atoms with van der Waals surface area (Å²) < 4.78 is 1.25. The topological polar surface area (TPSA) is 132 Å². The minimum Gasteiger partial charge on any atom is -0.507 e. The fourth-order valence-corrected chi connectivity index (χ4v) is 2.17. The molecule has 0 atom stereocenters. The molecule has 8 heteroatoms. The van der Waals surface area contributed by atoms with Gasteiger partial charge in [0, 0.05) is 10.6 Å². The van der Waals surface area contributed by atoms with Gasteiger partial charge in [0.1, 0.15) is 35.0 Å². The summed E-state index contributed by atoms with van der Waals surface area (Å²) >= 11 is 5.88. The average Bonchev–Trinajstić information content (AvgIpc) is 2.84. The van der Waals surface area contributed by atoms with E-state index in [1.807, 2.05) is 12.1 Å². The van der Waals surface area contributed by atoms with Crippen LogP contribution < -0.4 is 5.73 Å². The van der Waals surface area contributed by atoms with Gasteiger partial charge in [-0.3, -0.25) is 0 Å². The molecular weight excluding hydrogens is 318 g/mol. The van der Waals surface area contributed by atoms with E-state index in [1.54, 1.807) is 0 Å². The largest absolute Gasteiger partial charge is 0.507 e. The van der Waals surface area contributed by atoms with Crippen molar-refractivity contribution < 1.29 is 10.2 Å². The second kappa shape index (κ2) is 6.84. The highest BCUT2D eigenvalue weighted by atomic mass is 35.5. The van der Waals surface area contributed by atoms with Crippen molar-refractivity contribution in [2.45, 2.75) is 6.54 Å². The van der Waals surface area contributed by atoms with Crippen molar-refractivity contribution in [1.29, 1.82) is 10.5 Å². The minimum atomic E-state index is -0.211. The number of hydrogen-bond acceptors (Lipinski definition) is 6.